The number of carbonyl (C=O) groups excluding carboxylic acids is 1. The van der Waals surface area contributed by atoms with Gasteiger partial charge in [-0.3, -0.25) is 9.59 Å². The Morgan fingerprint density at radius 3 is 2.60 bits per heavy atom. The van der Waals surface area contributed by atoms with Gasteiger partial charge in [-0.1, -0.05) is 12.1 Å². The van der Waals surface area contributed by atoms with Crippen LogP contribution in [0.5, 0.6) is 0 Å². The van der Waals surface area contributed by atoms with Gasteiger partial charge in [0.15, 0.2) is 0 Å². The van der Waals surface area contributed by atoms with Gasteiger partial charge in [-0.15, -0.1) is 0 Å². The van der Waals surface area contributed by atoms with E-state index in [0.717, 1.165) is 0 Å². The molecule has 2 N–H and O–H groups in total. The molecule has 0 saturated carbocycles. The zero-order chi connectivity index (χ0) is 14.5. The number of rotatable bonds is 4. The molecule has 1 atom stereocenters. The van der Waals surface area contributed by atoms with Crippen LogP contribution in [0.25, 0.3) is 0 Å². The highest BCUT2D eigenvalue weighted by Gasteiger charge is 2.22. The van der Waals surface area contributed by atoms with E-state index in [1.807, 2.05) is 0 Å². The molecule has 20 heavy (non-hydrogen) atoms. The molecule has 1 aliphatic heterocycles. The molecule has 1 unspecified atom stereocenters. The van der Waals surface area contributed by atoms with E-state index in [0.29, 0.717) is 37.6 Å². The quantitative estimate of drug-likeness (QED) is 0.860. The van der Waals surface area contributed by atoms with Gasteiger partial charge in [0.2, 0.25) is 0 Å². The average molecular weight is 278 g/mol. The van der Waals surface area contributed by atoms with Gasteiger partial charge in [0, 0.05) is 18.8 Å². The lowest BCUT2D eigenvalue weighted by molar-refractivity contribution is -0.137. The van der Waals surface area contributed by atoms with Crippen LogP contribution in [0.15, 0.2) is 24.3 Å². The van der Waals surface area contributed by atoms with E-state index in [1.54, 1.807) is 36.1 Å². The third kappa shape index (κ3) is 3.27. The molecule has 1 aliphatic rings. The van der Waals surface area contributed by atoms with Crippen molar-refractivity contribution in [1.29, 1.82) is 0 Å². The Bertz CT molecular complexity index is 498. The molecule has 0 bridgehead atoms. The molecule has 0 aliphatic carbocycles. The molecule has 1 aromatic carbocycles. The number of morpholine rings is 1. The van der Waals surface area contributed by atoms with E-state index in [-0.39, 0.29) is 5.91 Å². The van der Waals surface area contributed by atoms with E-state index in [4.69, 9.17) is 9.84 Å². The van der Waals surface area contributed by atoms with Crippen molar-refractivity contribution in [1.82, 2.24) is 4.90 Å². The Morgan fingerprint density at radius 2 is 1.95 bits per heavy atom. The number of aliphatic carboxylic acids is 1. The van der Waals surface area contributed by atoms with E-state index in [1.165, 1.54) is 0 Å². The van der Waals surface area contributed by atoms with Gasteiger partial charge in [0.25, 0.3) is 5.91 Å². The Hall–Kier alpha value is -2.08. The molecule has 1 aromatic rings. The van der Waals surface area contributed by atoms with Crippen LogP contribution in [0.1, 0.15) is 17.3 Å². The van der Waals surface area contributed by atoms with Crippen LogP contribution in [0.2, 0.25) is 0 Å². The summed E-state index contributed by atoms with van der Waals surface area (Å²) in [5.41, 5.74) is 1.03. The molecule has 2 rings (SSSR count). The van der Waals surface area contributed by atoms with Gasteiger partial charge >= 0.3 is 5.97 Å². The Morgan fingerprint density at radius 1 is 1.30 bits per heavy atom. The minimum atomic E-state index is -0.960. The number of carboxylic acid groups (broad SMARTS) is 1. The van der Waals surface area contributed by atoms with Gasteiger partial charge in [-0.25, -0.2) is 0 Å². The summed E-state index contributed by atoms with van der Waals surface area (Å²) >= 11 is 0. The third-order valence-electron chi connectivity index (χ3n) is 3.20. The highest BCUT2D eigenvalue weighted by molar-refractivity contribution is 6.00. The minimum absolute atomic E-state index is 0.103. The number of carboxylic acids is 1. The lowest BCUT2D eigenvalue weighted by Crippen LogP contribution is -2.41. The smallest absolute Gasteiger partial charge is 0.325 e. The van der Waals surface area contributed by atoms with Crippen molar-refractivity contribution in [3.8, 4) is 0 Å². The summed E-state index contributed by atoms with van der Waals surface area (Å²) in [7, 11) is 0. The summed E-state index contributed by atoms with van der Waals surface area (Å²) in [6.45, 7) is 3.72. The standard InChI is InChI=1S/C14H18N2O4/c1-10(14(18)19)15-12-5-3-2-4-11(12)13(17)16-6-8-20-9-7-16/h2-5,10,15H,6-9H2,1H3,(H,18,19). The molecule has 0 spiro atoms. The van der Waals surface area contributed by atoms with Crippen molar-refractivity contribution in [2.24, 2.45) is 0 Å². The normalized spacial score (nSPS) is 16.6. The highest BCUT2D eigenvalue weighted by atomic mass is 16.5. The van der Waals surface area contributed by atoms with Crippen molar-refractivity contribution in [3.05, 3.63) is 29.8 Å². The first-order valence-electron chi connectivity index (χ1n) is 6.55. The molecule has 6 heteroatoms. The van der Waals surface area contributed by atoms with Crippen LogP contribution in [-0.2, 0) is 9.53 Å². The van der Waals surface area contributed by atoms with E-state index < -0.39 is 12.0 Å². The second-order valence-electron chi connectivity index (χ2n) is 4.65. The van der Waals surface area contributed by atoms with E-state index in [9.17, 15) is 9.59 Å². The lowest BCUT2D eigenvalue weighted by Gasteiger charge is -2.28. The number of hydrogen-bond donors (Lipinski definition) is 2. The van der Waals surface area contributed by atoms with E-state index >= 15 is 0 Å². The predicted molar refractivity (Wildman–Crippen MR) is 73.9 cm³/mol. The number of nitrogens with one attached hydrogen (secondary N) is 1. The van der Waals surface area contributed by atoms with Gasteiger partial charge in [0.1, 0.15) is 6.04 Å². The monoisotopic (exact) mass is 278 g/mol. The van der Waals surface area contributed by atoms with Crippen molar-refractivity contribution in [2.45, 2.75) is 13.0 Å². The Labute approximate surface area is 117 Å². The summed E-state index contributed by atoms with van der Waals surface area (Å²) in [5.74, 6) is -1.06. The third-order valence-corrected chi connectivity index (χ3v) is 3.20. The maximum Gasteiger partial charge on any atom is 0.325 e. The molecule has 1 fully saturated rings. The maximum atomic E-state index is 12.5. The molecule has 0 aromatic heterocycles. The molecule has 6 nitrogen and oxygen atoms in total. The number of benzene rings is 1. The van der Waals surface area contributed by atoms with Crippen LogP contribution in [0.3, 0.4) is 0 Å². The Balaban J connectivity index is 2.18. The summed E-state index contributed by atoms with van der Waals surface area (Å²) in [5, 5.41) is 11.8. The first-order chi connectivity index (χ1) is 9.59. The fourth-order valence-corrected chi connectivity index (χ4v) is 2.03. The lowest BCUT2D eigenvalue weighted by atomic mass is 10.1. The van der Waals surface area contributed by atoms with Gasteiger partial charge < -0.3 is 20.1 Å². The van der Waals surface area contributed by atoms with Crippen molar-refractivity contribution < 1.29 is 19.4 Å². The summed E-state index contributed by atoms with van der Waals surface area (Å²) in [6, 6.07) is 6.20. The topological polar surface area (TPSA) is 78.9 Å². The molecule has 0 radical (unpaired) electrons. The molecular formula is C14H18N2O4. The fourth-order valence-electron chi connectivity index (χ4n) is 2.03. The van der Waals surface area contributed by atoms with Crippen LogP contribution in [0.4, 0.5) is 5.69 Å². The molecule has 1 saturated heterocycles. The fraction of sp³-hybridized carbons (Fsp3) is 0.429. The molecule has 1 amide bonds. The number of hydrogen-bond acceptors (Lipinski definition) is 4. The number of ether oxygens (including phenoxy) is 1. The van der Waals surface area contributed by atoms with Gasteiger partial charge in [0.05, 0.1) is 18.8 Å². The zero-order valence-corrected chi connectivity index (χ0v) is 11.3. The first-order valence-corrected chi connectivity index (χ1v) is 6.55. The van der Waals surface area contributed by atoms with Crippen LogP contribution in [0, 0.1) is 0 Å². The maximum absolute atomic E-state index is 12.5. The predicted octanol–water partition coefficient (Wildman–Crippen LogP) is 1.04. The highest BCUT2D eigenvalue weighted by Crippen LogP contribution is 2.19. The number of anilines is 1. The van der Waals surface area contributed by atoms with Crippen LogP contribution >= 0.6 is 0 Å². The number of amides is 1. The van der Waals surface area contributed by atoms with Crippen molar-refractivity contribution in [2.75, 3.05) is 31.6 Å². The molecule has 108 valence electrons. The summed E-state index contributed by atoms with van der Waals surface area (Å²) < 4.78 is 5.22. The van der Waals surface area contributed by atoms with E-state index in [2.05, 4.69) is 5.32 Å². The second-order valence-corrected chi connectivity index (χ2v) is 4.65. The summed E-state index contributed by atoms with van der Waals surface area (Å²) in [4.78, 5) is 25.1. The Kier molecular flexibility index (Phi) is 4.57. The molecule has 1 heterocycles. The van der Waals surface area contributed by atoms with Crippen molar-refractivity contribution >= 4 is 17.6 Å². The zero-order valence-electron chi connectivity index (χ0n) is 11.3. The largest absolute Gasteiger partial charge is 0.480 e. The van der Waals surface area contributed by atoms with Crippen LogP contribution in [-0.4, -0.2) is 54.2 Å². The van der Waals surface area contributed by atoms with Crippen LogP contribution < -0.4 is 5.32 Å². The van der Waals surface area contributed by atoms with Crippen molar-refractivity contribution in [3.63, 3.8) is 0 Å². The SMILES string of the molecule is CC(Nc1ccccc1C(=O)N1CCOCC1)C(=O)O. The average Bonchev–Trinajstić information content (AvgIpc) is 2.48. The summed E-state index contributed by atoms with van der Waals surface area (Å²) in [6.07, 6.45) is 0. The van der Waals surface area contributed by atoms with Gasteiger partial charge in [-0.05, 0) is 19.1 Å². The first kappa shape index (κ1) is 14.3. The minimum Gasteiger partial charge on any atom is -0.480 e. The number of para-hydroxylation sites is 1. The van der Waals surface area contributed by atoms with Gasteiger partial charge in [-0.2, -0.15) is 0 Å². The molecular weight excluding hydrogens is 260 g/mol. The second kappa shape index (κ2) is 6.38. The number of carbonyl (C=O) groups is 2. The number of nitrogens with zero attached hydrogens (tertiary/aromatic N) is 1.